The Labute approximate surface area is 140 Å². The SMILES string of the molecule is COCCNC(=O)[C@H]1CC[C@H](C)N(C(=O)c2cc(F)cc(F)c2)C1. The number of methoxy groups -OCH3 is 1. The molecule has 2 amide bonds. The van der Waals surface area contributed by atoms with Crippen molar-refractivity contribution in [3.05, 3.63) is 35.4 Å². The fourth-order valence-electron chi connectivity index (χ4n) is 2.87. The molecule has 1 N–H and O–H groups in total. The summed E-state index contributed by atoms with van der Waals surface area (Å²) < 4.78 is 31.6. The number of hydrogen-bond donors (Lipinski definition) is 1. The largest absolute Gasteiger partial charge is 0.383 e. The lowest BCUT2D eigenvalue weighted by Crippen LogP contribution is -2.49. The van der Waals surface area contributed by atoms with Crippen molar-refractivity contribution in [3.8, 4) is 0 Å². The number of hydrogen-bond acceptors (Lipinski definition) is 3. The van der Waals surface area contributed by atoms with Crippen molar-refractivity contribution < 1.29 is 23.1 Å². The monoisotopic (exact) mass is 340 g/mol. The minimum atomic E-state index is -0.795. The zero-order valence-electron chi connectivity index (χ0n) is 13.9. The van der Waals surface area contributed by atoms with Gasteiger partial charge in [-0.25, -0.2) is 8.78 Å². The first-order chi connectivity index (χ1) is 11.4. The van der Waals surface area contributed by atoms with Gasteiger partial charge in [-0.1, -0.05) is 0 Å². The van der Waals surface area contributed by atoms with E-state index in [0.29, 0.717) is 26.0 Å². The van der Waals surface area contributed by atoms with Crippen LogP contribution in [0.3, 0.4) is 0 Å². The third-order valence-electron chi connectivity index (χ3n) is 4.23. The quantitative estimate of drug-likeness (QED) is 0.834. The highest BCUT2D eigenvalue weighted by atomic mass is 19.1. The van der Waals surface area contributed by atoms with Crippen LogP contribution in [0.5, 0.6) is 0 Å². The molecule has 1 aromatic carbocycles. The van der Waals surface area contributed by atoms with Crippen LogP contribution in [-0.4, -0.2) is 49.6 Å². The molecule has 1 aromatic rings. The molecule has 0 unspecified atom stereocenters. The minimum absolute atomic E-state index is 0.0419. The molecule has 24 heavy (non-hydrogen) atoms. The number of nitrogens with zero attached hydrogens (tertiary/aromatic N) is 1. The van der Waals surface area contributed by atoms with Crippen LogP contribution in [0.15, 0.2) is 18.2 Å². The van der Waals surface area contributed by atoms with Crippen LogP contribution in [0.2, 0.25) is 0 Å². The number of likely N-dealkylation sites (tertiary alicyclic amines) is 1. The van der Waals surface area contributed by atoms with Gasteiger partial charge in [0.2, 0.25) is 5.91 Å². The molecule has 1 fully saturated rings. The van der Waals surface area contributed by atoms with Gasteiger partial charge in [0.15, 0.2) is 0 Å². The molecule has 1 aliphatic heterocycles. The summed E-state index contributed by atoms with van der Waals surface area (Å²) in [5.74, 6) is -2.52. The van der Waals surface area contributed by atoms with Gasteiger partial charge in [-0.2, -0.15) is 0 Å². The Bertz CT molecular complexity index is 589. The molecule has 0 saturated carbocycles. The summed E-state index contributed by atoms with van der Waals surface area (Å²) in [6, 6.07) is 2.66. The fourth-order valence-corrected chi connectivity index (χ4v) is 2.87. The lowest BCUT2D eigenvalue weighted by atomic mass is 9.92. The fraction of sp³-hybridized carbons (Fsp3) is 0.529. The maximum atomic E-state index is 13.3. The number of amides is 2. The second-order valence-electron chi connectivity index (χ2n) is 6.02. The van der Waals surface area contributed by atoms with Gasteiger partial charge < -0.3 is 15.0 Å². The Morgan fingerprint density at radius 3 is 2.54 bits per heavy atom. The number of carbonyl (C=O) groups excluding carboxylic acids is 2. The van der Waals surface area contributed by atoms with Crippen molar-refractivity contribution in [1.82, 2.24) is 10.2 Å². The summed E-state index contributed by atoms with van der Waals surface area (Å²) in [6.07, 6.45) is 1.33. The lowest BCUT2D eigenvalue weighted by molar-refractivity contribution is -0.126. The molecule has 2 rings (SSSR count). The van der Waals surface area contributed by atoms with Crippen LogP contribution in [0.4, 0.5) is 8.78 Å². The average Bonchev–Trinajstić information content (AvgIpc) is 2.54. The summed E-state index contributed by atoms with van der Waals surface area (Å²) in [6.45, 7) is 2.92. The highest BCUT2D eigenvalue weighted by molar-refractivity contribution is 5.95. The number of benzene rings is 1. The summed E-state index contributed by atoms with van der Waals surface area (Å²) in [5.41, 5.74) is -0.0419. The predicted molar refractivity (Wildman–Crippen MR) is 84.5 cm³/mol. The van der Waals surface area contributed by atoms with Crippen LogP contribution in [0.25, 0.3) is 0 Å². The van der Waals surface area contributed by atoms with Crippen molar-refractivity contribution in [3.63, 3.8) is 0 Å². The molecule has 0 aromatic heterocycles. The first-order valence-corrected chi connectivity index (χ1v) is 7.96. The zero-order chi connectivity index (χ0) is 17.7. The standard InChI is InChI=1S/C17H22F2N2O3/c1-11-3-4-12(16(22)20-5-6-24-2)10-21(11)17(23)13-7-14(18)9-15(19)8-13/h7-9,11-12H,3-6,10H2,1-2H3,(H,20,22)/t11-,12-/m0/s1. The highest BCUT2D eigenvalue weighted by Gasteiger charge is 2.33. The molecule has 0 aliphatic carbocycles. The van der Waals surface area contributed by atoms with Gasteiger partial charge in [0.05, 0.1) is 12.5 Å². The number of ether oxygens (including phenoxy) is 1. The van der Waals surface area contributed by atoms with Crippen LogP contribution < -0.4 is 5.32 Å². The predicted octanol–water partition coefficient (Wildman–Crippen LogP) is 1.97. The number of nitrogens with one attached hydrogen (secondary N) is 1. The second-order valence-corrected chi connectivity index (χ2v) is 6.02. The Morgan fingerprint density at radius 2 is 1.92 bits per heavy atom. The smallest absolute Gasteiger partial charge is 0.254 e. The second kappa shape index (κ2) is 8.19. The first-order valence-electron chi connectivity index (χ1n) is 7.96. The van der Waals surface area contributed by atoms with E-state index in [-0.39, 0.29) is 30.0 Å². The van der Waals surface area contributed by atoms with E-state index < -0.39 is 17.5 Å². The molecule has 0 radical (unpaired) electrons. The number of halogens is 2. The van der Waals surface area contributed by atoms with E-state index in [9.17, 15) is 18.4 Å². The molecule has 2 atom stereocenters. The minimum Gasteiger partial charge on any atom is -0.383 e. The van der Waals surface area contributed by atoms with Crippen LogP contribution in [0.1, 0.15) is 30.1 Å². The zero-order valence-corrected chi connectivity index (χ0v) is 13.9. The molecule has 7 heteroatoms. The maximum Gasteiger partial charge on any atom is 0.254 e. The summed E-state index contributed by atoms with van der Waals surface area (Å²) >= 11 is 0. The molecule has 5 nitrogen and oxygen atoms in total. The number of piperidine rings is 1. The molecule has 0 spiro atoms. The van der Waals surface area contributed by atoms with Gasteiger partial charge in [-0.3, -0.25) is 9.59 Å². The van der Waals surface area contributed by atoms with Crippen molar-refractivity contribution in [2.24, 2.45) is 5.92 Å². The third kappa shape index (κ3) is 4.50. The van der Waals surface area contributed by atoms with E-state index in [0.717, 1.165) is 18.2 Å². The highest BCUT2D eigenvalue weighted by Crippen LogP contribution is 2.24. The van der Waals surface area contributed by atoms with Gasteiger partial charge in [-0.15, -0.1) is 0 Å². The van der Waals surface area contributed by atoms with Gasteiger partial charge in [0.25, 0.3) is 5.91 Å². The molecule has 1 aliphatic rings. The van der Waals surface area contributed by atoms with E-state index in [1.807, 2.05) is 6.92 Å². The Hall–Kier alpha value is -2.02. The van der Waals surface area contributed by atoms with Crippen molar-refractivity contribution in [2.45, 2.75) is 25.8 Å². The van der Waals surface area contributed by atoms with Gasteiger partial charge in [0.1, 0.15) is 11.6 Å². The molecule has 132 valence electrons. The van der Waals surface area contributed by atoms with Gasteiger partial charge >= 0.3 is 0 Å². The third-order valence-corrected chi connectivity index (χ3v) is 4.23. The molecular weight excluding hydrogens is 318 g/mol. The maximum absolute atomic E-state index is 13.3. The van der Waals surface area contributed by atoms with E-state index in [2.05, 4.69) is 5.32 Å². The summed E-state index contributed by atoms with van der Waals surface area (Å²) in [4.78, 5) is 26.3. The van der Waals surface area contributed by atoms with E-state index in [1.54, 1.807) is 7.11 Å². The van der Waals surface area contributed by atoms with Crippen LogP contribution in [-0.2, 0) is 9.53 Å². The first kappa shape index (κ1) is 18.3. The van der Waals surface area contributed by atoms with Gasteiger partial charge in [0, 0.05) is 37.9 Å². The molecule has 1 saturated heterocycles. The Balaban J connectivity index is 2.07. The normalized spacial score (nSPS) is 20.8. The number of rotatable bonds is 5. The lowest BCUT2D eigenvalue weighted by Gasteiger charge is -2.37. The summed E-state index contributed by atoms with van der Waals surface area (Å²) in [7, 11) is 1.55. The summed E-state index contributed by atoms with van der Waals surface area (Å²) in [5, 5.41) is 2.76. The topological polar surface area (TPSA) is 58.6 Å². The Kier molecular flexibility index (Phi) is 6.25. The number of carbonyl (C=O) groups is 2. The molecule has 0 bridgehead atoms. The van der Waals surface area contributed by atoms with Crippen molar-refractivity contribution in [1.29, 1.82) is 0 Å². The van der Waals surface area contributed by atoms with E-state index in [4.69, 9.17) is 4.74 Å². The van der Waals surface area contributed by atoms with Crippen molar-refractivity contribution in [2.75, 3.05) is 26.8 Å². The van der Waals surface area contributed by atoms with Crippen molar-refractivity contribution >= 4 is 11.8 Å². The van der Waals surface area contributed by atoms with Crippen LogP contribution in [0, 0.1) is 17.6 Å². The average molecular weight is 340 g/mol. The Morgan fingerprint density at radius 1 is 1.25 bits per heavy atom. The van der Waals surface area contributed by atoms with E-state index in [1.165, 1.54) is 4.90 Å². The van der Waals surface area contributed by atoms with E-state index >= 15 is 0 Å². The molecule has 1 heterocycles. The molecular formula is C17H22F2N2O3. The van der Waals surface area contributed by atoms with Gasteiger partial charge in [-0.05, 0) is 31.9 Å². The van der Waals surface area contributed by atoms with Crippen LogP contribution >= 0.6 is 0 Å².